The van der Waals surface area contributed by atoms with Crippen LogP contribution in [0.1, 0.15) is 11.1 Å². The van der Waals surface area contributed by atoms with Crippen LogP contribution in [0.3, 0.4) is 0 Å². The molecule has 0 bridgehead atoms. The largest absolute Gasteiger partial charge is 0.493 e. The molecule has 2 N–H and O–H groups in total. The van der Waals surface area contributed by atoms with Gasteiger partial charge in [-0.1, -0.05) is 12.1 Å². The lowest BCUT2D eigenvalue weighted by Crippen LogP contribution is -2.24. The first-order chi connectivity index (χ1) is 6.79. The van der Waals surface area contributed by atoms with E-state index in [9.17, 15) is 0 Å². The van der Waals surface area contributed by atoms with Crippen LogP contribution in [0.2, 0.25) is 0 Å². The Bertz CT molecular complexity index is 325. The van der Waals surface area contributed by atoms with E-state index in [1.807, 2.05) is 7.05 Å². The Balaban J connectivity index is 2.12. The Morgan fingerprint density at radius 1 is 1.50 bits per heavy atom. The fraction of sp³-hybridized carbons (Fsp3) is 0.455. The second-order valence-corrected chi connectivity index (χ2v) is 3.74. The van der Waals surface area contributed by atoms with Gasteiger partial charge in [-0.25, -0.2) is 0 Å². The van der Waals surface area contributed by atoms with E-state index in [0.717, 1.165) is 25.3 Å². The summed E-state index contributed by atoms with van der Waals surface area (Å²) in [4.78, 5) is 2.08. The molecule has 0 fully saturated rings. The number of benzene rings is 1. The van der Waals surface area contributed by atoms with Gasteiger partial charge in [0.05, 0.1) is 6.61 Å². The van der Waals surface area contributed by atoms with E-state index < -0.39 is 0 Å². The minimum absolute atomic E-state index is 0.591. The van der Waals surface area contributed by atoms with Crippen molar-refractivity contribution in [1.82, 2.24) is 4.90 Å². The summed E-state index contributed by atoms with van der Waals surface area (Å²) in [6.07, 6.45) is 1.04. The topological polar surface area (TPSA) is 38.5 Å². The van der Waals surface area contributed by atoms with E-state index in [-0.39, 0.29) is 0 Å². The smallest absolute Gasteiger partial charge is 0.122 e. The van der Waals surface area contributed by atoms with Crippen LogP contribution in [0.4, 0.5) is 0 Å². The molecule has 14 heavy (non-hydrogen) atoms. The standard InChI is InChI=1S/C11H16N2O/c1-13(8-12)7-9-2-3-11-10(6-9)4-5-14-11/h2-3,6H,4-5,7-8,12H2,1H3. The van der Waals surface area contributed by atoms with Gasteiger partial charge in [-0.3, -0.25) is 4.90 Å². The van der Waals surface area contributed by atoms with Crippen LogP contribution in [-0.2, 0) is 13.0 Å². The van der Waals surface area contributed by atoms with Crippen LogP contribution in [0.15, 0.2) is 18.2 Å². The SMILES string of the molecule is CN(CN)Cc1ccc2c(c1)CCO2. The number of rotatable bonds is 3. The molecule has 0 spiro atoms. The van der Waals surface area contributed by atoms with E-state index in [0.29, 0.717) is 6.67 Å². The minimum Gasteiger partial charge on any atom is -0.493 e. The predicted molar refractivity (Wildman–Crippen MR) is 56.2 cm³/mol. The van der Waals surface area contributed by atoms with Crippen molar-refractivity contribution in [2.75, 3.05) is 20.3 Å². The zero-order valence-corrected chi connectivity index (χ0v) is 8.49. The van der Waals surface area contributed by atoms with Gasteiger partial charge >= 0.3 is 0 Å². The molecule has 0 atom stereocenters. The first-order valence-electron chi connectivity index (χ1n) is 4.93. The first-order valence-corrected chi connectivity index (χ1v) is 4.93. The van der Waals surface area contributed by atoms with Crippen LogP contribution >= 0.6 is 0 Å². The van der Waals surface area contributed by atoms with Crippen molar-refractivity contribution in [3.63, 3.8) is 0 Å². The summed E-state index contributed by atoms with van der Waals surface area (Å²) in [5.74, 6) is 1.05. The van der Waals surface area contributed by atoms with Crippen molar-refractivity contribution >= 4 is 0 Å². The van der Waals surface area contributed by atoms with Gasteiger partial charge in [-0.15, -0.1) is 0 Å². The summed E-state index contributed by atoms with van der Waals surface area (Å²) in [6, 6.07) is 6.38. The number of ether oxygens (including phenoxy) is 1. The molecule has 0 saturated carbocycles. The maximum Gasteiger partial charge on any atom is 0.122 e. The summed E-state index contributed by atoms with van der Waals surface area (Å²) in [5.41, 5.74) is 8.17. The molecule has 76 valence electrons. The normalized spacial score (nSPS) is 14.2. The van der Waals surface area contributed by atoms with Crippen LogP contribution < -0.4 is 10.5 Å². The third kappa shape index (κ3) is 1.89. The second-order valence-electron chi connectivity index (χ2n) is 3.74. The molecule has 0 aromatic heterocycles. The van der Waals surface area contributed by atoms with Crippen LogP contribution in [-0.4, -0.2) is 25.2 Å². The Morgan fingerprint density at radius 2 is 2.36 bits per heavy atom. The molecule has 1 aliphatic heterocycles. The Morgan fingerprint density at radius 3 is 3.14 bits per heavy atom. The number of fused-ring (bicyclic) bond motifs is 1. The maximum atomic E-state index is 5.53. The quantitative estimate of drug-likeness (QED) is 0.725. The van der Waals surface area contributed by atoms with Crippen LogP contribution in [0.5, 0.6) is 5.75 Å². The highest BCUT2D eigenvalue weighted by atomic mass is 16.5. The van der Waals surface area contributed by atoms with Gasteiger partial charge in [0.2, 0.25) is 0 Å². The van der Waals surface area contributed by atoms with Crippen molar-refractivity contribution in [1.29, 1.82) is 0 Å². The second kappa shape index (κ2) is 3.98. The zero-order valence-electron chi connectivity index (χ0n) is 8.49. The molecule has 1 aromatic carbocycles. The fourth-order valence-electron chi connectivity index (χ4n) is 1.71. The predicted octanol–water partition coefficient (Wildman–Crippen LogP) is 0.969. The first kappa shape index (κ1) is 9.49. The van der Waals surface area contributed by atoms with E-state index >= 15 is 0 Å². The monoisotopic (exact) mass is 192 g/mol. The maximum absolute atomic E-state index is 5.53. The fourth-order valence-corrected chi connectivity index (χ4v) is 1.71. The highest BCUT2D eigenvalue weighted by molar-refractivity contribution is 5.39. The van der Waals surface area contributed by atoms with Crippen LogP contribution in [0, 0.1) is 0 Å². The van der Waals surface area contributed by atoms with E-state index in [4.69, 9.17) is 10.5 Å². The summed E-state index contributed by atoms with van der Waals surface area (Å²) in [5, 5.41) is 0. The molecule has 3 nitrogen and oxygen atoms in total. The van der Waals surface area contributed by atoms with E-state index in [1.54, 1.807) is 0 Å². The van der Waals surface area contributed by atoms with Gasteiger partial charge in [-0.05, 0) is 24.2 Å². The number of hydrogen-bond acceptors (Lipinski definition) is 3. The molecular formula is C11H16N2O. The number of nitrogens with two attached hydrogens (primary N) is 1. The Kier molecular flexibility index (Phi) is 2.70. The highest BCUT2D eigenvalue weighted by Crippen LogP contribution is 2.26. The van der Waals surface area contributed by atoms with Crippen molar-refractivity contribution in [2.24, 2.45) is 5.73 Å². The summed E-state index contributed by atoms with van der Waals surface area (Å²) in [7, 11) is 2.02. The van der Waals surface area contributed by atoms with Crippen molar-refractivity contribution in [3.05, 3.63) is 29.3 Å². The van der Waals surface area contributed by atoms with Gasteiger partial charge < -0.3 is 10.5 Å². The molecule has 3 heteroatoms. The molecule has 0 aliphatic carbocycles. The average molecular weight is 192 g/mol. The molecule has 0 radical (unpaired) electrons. The highest BCUT2D eigenvalue weighted by Gasteiger charge is 2.12. The summed E-state index contributed by atoms with van der Waals surface area (Å²) in [6.45, 7) is 2.32. The van der Waals surface area contributed by atoms with E-state index in [2.05, 4.69) is 23.1 Å². The lowest BCUT2D eigenvalue weighted by molar-refractivity contribution is 0.337. The minimum atomic E-state index is 0.591. The lowest BCUT2D eigenvalue weighted by Gasteiger charge is -2.13. The molecule has 0 unspecified atom stereocenters. The van der Waals surface area contributed by atoms with Crippen LogP contribution in [0.25, 0.3) is 0 Å². The van der Waals surface area contributed by atoms with Gasteiger partial charge in [0.25, 0.3) is 0 Å². The number of hydrogen-bond donors (Lipinski definition) is 1. The van der Waals surface area contributed by atoms with Gasteiger partial charge in [0, 0.05) is 19.6 Å². The molecule has 1 aromatic rings. The van der Waals surface area contributed by atoms with Gasteiger partial charge in [0.1, 0.15) is 5.75 Å². The molecule has 2 rings (SSSR count). The Labute approximate surface area is 84.5 Å². The molecule has 0 amide bonds. The summed E-state index contributed by atoms with van der Waals surface area (Å²) >= 11 is 0. The average Bonchev–Trinajstić information content (AvgIpc) is 2.64. The van der Waals surface area contributed by atoms with Crippen molar-refractivity contribution < 1.29 is 4.74 Å². The molecule has 1 aliphatic rings. The zero-order chi connectivity index (χ0) is 9.97. The third-order valence-corrected chi connectivity index (χ3v) is 2.52. The Hall–Kier alpha value is -1.06. The van der Waals surface area contributed by atoms with Gasteiger partial charge in [0.15, 0.2) is 0 Å². The molecular weight excluding hydrogens is 176 g/mol. The number of nitrogens with zero attached hydrogens (tertiary/aromatic N) is 1. The van der Waals surface area contributed by atoms with Gasteiger partial charge in [-0.2, -0.15) is 0 Å². The third-order valence-electron chi connectivity index (χ3n) is 2.52. The molecule has 0 saturated heterocycles. The summed E-state index contributed by atoms with van der Waals surface area (Å²) < 4.78 is 5.45. The molecule has 1 heterocycles. The lowest BCUT2D eigenvalue weighted by atomic mass is 10.1. The van der Waals surface area contributed by atoms with Crippen molar-refractivity contribution in [3.8, 4) is 5.75 Å². The van der Waals surface area contributed by atoms with E-state index in [1.165, 1.54) is 11.1 Å². The van der Waals surface area contributed by atoms with Crippen molar-refractivity contribution in [2.45, 2.75) is 13.0 Å².